The third-order valence-corrected chi connectivity index (χ3v) is 3.33. The molecule has 1 saturated heterocycles. The third kappa shape index (κ3) is 2.69. The lowest BCUT2D eigenvalue weighted by Gasteiger charge is -2.23. The first-order valence-corrected chi connectivity index (χ1v) is 5.85. The highest BCUT2D eigenvalue weighted by Gasteiger charge is 2.27. The predicted octanol–water partition coefficient (Wildman–Crippen LogP) is 1.66. The van der Waals surface area contributed by atoms with Gasteiger partial charge in [0.05, 0.1) is 12.7 Å². The SMILES string of the molecule is NCC1COC(CC2CCCCC2)O1. The van der Waals surface area contributed by atoms with E-state index in [4.69, 9.17) is 15.2 Å². The summed E-state index contributed by atoms with van der Waals surface area (Å²) < 4.78 is 11.2. The van der Waals surface area contributed by atoms with Crippen molar-refractivity contribution in [1.82, 2.24) is 0 Å². The second-order valence-electron chi connectivity index (χ2n) is 4.50. The number of hydrogen-bond donors (Lipinski definition) is 1. The Morgan fingerprint density at radius 3 is 2.57 bits per heavy atom. The molecule has 2 N–H and O–H groups in total. The van der Waals surface area contributed by atoms with Gasteiger partial charge in [0.25, 0.3) is 0 Å². The van der Waals surface area contributed by atoms with Crippen molar-refractivity contribution in [3.63, 3.8) is 0 Å². The normalized spacial score (nSPS) is 34.9. The first-order valence-electron chi connectivity index (χ1n) is 5.85. The zero-order valence-electron chi connectivity index (χ0n) is 8.78. The van der Waals surface area contributed by atoms with Crippen LogP contribution in [0.4, 0.5) is 0 Å². The van der Waals surface area contributed by atoms with Gasteiger partial charge in [-0.1, -0.05) is 32.1 Å². The number of ether oxygens (including phenoxy) is 2. The van der Waals surface area contributed by atoms with Gasteiger partial charge in [0, 0.05) is 13.0 Å². The monoisotopic (exact) mass is 199 g/mol. The molecule has 2 atom stereocenters. The van der Waals surface area contributed by atoms with Gasteiger partial charge in [-0.3, -0.25) is 0 Å². The average Bonchev–Trinajstić information content (AvgIpc) is 2.67. The summed E-state index contributed by atoms with van der Waals surface area (Å²) in [6, 6.07) is 0. The Morgan fingerprint density at radius 2 is 1.93 bits per heavy atom. The maximum atomic E-state index is 5.67. The minimum atomic E-state index is 0.0339. The highest BCUT2D eigenvalue weighted by Crippen LogP contribution is 2.29. The molecule has 0 bridgehead atoms. The molecule has 0 aromatic carbocycles. The van der Waals surface area contributed by atoms with Crippen LogP contribution in [0.2, 0.25) is 0 Å². The van der Waals surface area contributed by atoms with E-state index < -0.39 is 0 Å². The number of rotatable bonds is 3. The summed E-state index contributed by atoms with van der Waals surface area (Å²) in [6.07, 6.45) is 8.16. The summed E-state index contributed by atoms with van der Waals surface area (Å²) in [5.74, 6) is 0.824. The molecule has 3 heteroatoms. The molecular formula is C11H21NO2. The van der Waals surface area contributed by atoms with Crippen LogP contribution in [-0.2, 0) is 9.47 Å². The van der Waals surface area contributed by atoms with E-state index in [-0.39, 0.29) is 12.4 Å². The molecule has 1 aliphatic heterocycles. The largest absolute Gasteiger partial charge is 0.350 e. The van der Waals surface area contributed by atoms with Crippen molar-refractivity contribution in [3.8, 4) is 0 Å². The van der Waals surface area contributed by atoms with Gasteiger partial charge < -0.3 is 15.2 Å². The minimum Gasteiger partial charge on any atom is -0.350 e. The van der Waals surface area contributed by atoms with Crippen LogP contribution in [0.25, 0.3) is 0 Å². The van der Waals surface area contributed by atoms with Crippen molar-refractivity contribution >= 4 is 0 Å². The summed E-state index contributed by atoms with van der Waals surface area (Å²) in [7, 11) is 0. The van der Waals surface area contributed by atoms with E-state index in [1.807, 2.05) is 0 Å². The lowest BCUT2D eigenvalue weighted by atomic mass is 9.87. The molecule has 2 fully saturated rings. The summed E-state index contributed by atoms with van der Waals surface area (Å²) in [5, 5.41) is 0. The smallest absolute Gasteiger partial charge is 0.158 e. The van der Waals surface area contributed by atoms with Crippen molar-refractivity contribution in [3.05, 3.63) is 0 Å². The van der Waals surface area contributed by atoms with Gasteiger partial charge in [0.2, 0.25) is 0 Å². The Hall–Kier alpha value is -0.120. The minimum absolute atomic E-state index is 0.0339. The van der Waals surface area contributed by atoms with Crippen LogP contribution >= 0.6 is 0 Å². The molecule has 2 rings (SSSR count). The quantitative estimate of drug-likeness (QED) is 0.751. The lowest BCUT2D eigenvalue weighted by Crippen LogP contribution is -2.23. The van der Waals surface area contributed by atoms with Crippen LogP contribution in [0.3, 0.4) is 0 Å². The van der Waals surface area contributed by atoms with Gasteiger partial charge in [0.15, 0.2) is 6.29 Å². The Morgan fingerprint density at radius 1 is 1.14 bits per heavy atom. The van der Waals surface area contributed by atoms with Crippen LogP contribution in [-0.4, -0.2) is 25.5 Å². The molecule has 0 spiro atoms. The molecule has 0 aromatic heterocycles. The van der Waals surface area contributed by atoms with Gasteiger partial charge in [-0.2, -0.15) is 0 Å². The fourth-order valence-electron chi connectivity index (χ4n) is 2.45. The van der Waals surface area contributed by atoms with Crippen molar-refractivity contribution in [2.45, 2.75) is 50.9 Å². The van der Waals surface area contributed by atoms with Gasteiger partial charge >= 0.3 is 0 Å². The summed E-state index contributed by atoms with van der Waals surface area (Å²) in [5.41, 5.74) is 5.52. The first kappa shape index (κ1) is 10.4. The molecule has 0 amide bonds. The second kappa shape index (κ2) is 5.10. The highest BCUT2D eigenvalue weighted by molar-refractivity contribution is 4.71. The van der Waals surface area contributed by atoms with Crippen LogP contribution in [0.15, 0.2) is 0 Å². The van der Waals surface area contributed by atoms with E-state index in [1.54, 1.807) is 0 Å². The van der Waals surface area contributed by atoms with Crippen molar-refractivity contribution < 1.29 is 9.47 Å². The fraction of sp³-hybridized carbons (Fsp3) is 1.00. The van der Waals surface area contributed by atoms with Crippen molar-refractivity contribution in [2.75, 3.05) is 13.2 Å². The molecule has 1 saturated carbocycles. The third-order valence-electron chi connectivity index (χ3n) is 3.33. The Balaban J connectivity index is 1.69. The molecule has 2 unspecified atom stereocenters. The van der Waals surface area contributed by atoms with Gasteiger partial charge in [-0.25, -0.2) is 0 Å². The van der Waals surface area contributed by atoms with Crippen molar-refractivity contribution in [1.29, 1.82) is 0 Å². The number of hydrogen-bond acceptors (Lipinski definition) is 3. The first-order chi connectivity index (χ1) is 6.88. The zero-order valence-corrected chi connectivity index (χ0v) is 8.78. The van der Waals surface area contributed by atoms with E-state index in [9.17, 15) is 0 Å². The van der Waals surface area contributed by atoms with Gasteiger partial charge in [-0.15, -0.1) is 0 Å². The molecule has 1 aliphatic carbocycles. The standard InChI is InChI=1S/C11H21NO2/c12-7-10-8-13-11(14-10)6-9-4-2-1-3-5-9/h9-11H,1-8,12H2. The Labute approximate surface area is 85.9 Å². The van der Waals surface area contributed by atoms with Gasteiger partial charge in [-0.05, 0) is 5.92 Å². The summed E-state index contributed by atoms with van der Waals surface area (Å²) >= 11 is 0. The molecular weight excluding hydrogens is 178 g/mol. The molecule has 82 valence electrons. The molecule has 2 aliphatic rings. The topological polar surface area (TPSA) is 44.5 Å². The molecule has 14 heavy (non-hydrogen) atoms. The summed E-state index contributed by atoms with van der Waals surface area (Å²) in [6.45, 7) is 1.27. The van der Waals surface area contributed by atoms with Crippen LogP contribution < -0.4 is 5.73 Å². The Kier molecular flexibility index (Phi) is 3.79. The summed E-state index contributed by atoms with van der Waals surface area (Å²) in [4.78, 5) is 0. The van der Waals surface area contributed by atoms with Crippen LogP contribution in [0.5, 0.6) is 0 Å². The van der Waals surface area contributed by atoms with Crippen LogP contribution in [0, 0.1) is 5.92 Å². The number of nitrogens with two attached hydrogens (primary N) is 1. The predicted molar refractivity (Wildman–Crippen MR) is 54.9 cm³/mol. The molecule has 0 aromatic rings. The van der Waals surface area contributed by atoms with E-state index in [0.29, 0.717) is 13.2 Å². The van der Waals surface area contributed by atoms with Gasteiger partial charge in [0.1, 0.15) is 0 Å². The van der Waals surface area contributed by atoms with Crippen LogP contribution in [0.1, 0.15) is 38.5 Å². The van der Waals surface area contributed by atoms with E-state index in [0.717, 1.165) is 12.3 Å². The maximum absolute atomic E-state index is 5.67. The fourth-order valence-corrected chi connectivity index (χ4v) is 2.45. The molecule has 1 heterocycles. The second-order valence-corrected chi connectivity index (χ2v) is 4.50. The van der Waals surface area contributed by atoms with Crippen molar-refractivity contribution in [2.24, 2.45) is 11.7 Å². The molecule has 0 radical (unpaired) electrons. The molecule has 3 nitrogen and oxygen atoms in total. The maximum Gasteiger partial charge on any atom is 0.158 e. The van der Waals surface area contributed by atoms with E-state index in [2.05, 4.69) is 0 Å². The van der Waals surface area contributed by atoms with E-state index in [1.165, 1.54) is 32.1 Å². The van der Waals surface area contributed by atoms with E-state index >= 15 is 0 Å². The average molecular weight is 199 g/mol. The Bertz CT molecular complexity index is 169. The zero-order chi connectivity index (χ0) is 9.80. The highest BCUT2D eigenvalue weighted by atomic mass is 16.7. The lowest BCUT2D eigenvalue weighted by molar-refractivity contribution is -0.0723.